The summed E-state index contributed by atoms with van der Waals surface area (Å²) in [6.07, 6.45) is 3.52. The Hall–Kier alpha value is -1.89. The lowest BCUT2D eigenvalue weighted by molar-refractivity contribution is -0.384. The molecule has 7 nitrogen and oxygen atoms in total. The third-order valence-corrected chi connectivity index (χ3v) is 3.42. The molecule has 1 aliphatic rings. The zero-order valence-electron chi connectivity index (χ0n) is 10.9. The summed E-state index contributed by atoms with van der Waals surface area (Å²) in [5.41, 5.74) is 5.32. The maximum absolute atomic E-state index is 10.6. The van der Waals surface area contributed by atoms with Gasteiger partial charge >= 0.3 is 5.69 Å². The van der Waals surface area contributed by atoms with E-state index in [9.17, 15) is 10.1 Å². The average molecular weight is 266 g/mol. The number of ether oxygens (including phenoxy) is 1. The van der Waals surface area contributed by atoms with E-state index in [4.69, 9.17) is 10.5 Å². The minimum absolute atomic E-state index is 0.112. The normalized spacial score (nSPS) is 20.2. The number of pyridine rings is 1. The zero-order valence-corrected chi connectivity index (χ0v) is 10.9. The molecule has 2 heterocycles. The highest BCUT2D eigenvalue weighted by atomic mass is 16.6. The van der Waals surface area contributed by atoms with Crippen LogP contribution in [0.15, 0.2) is 12.1 Å². The van der Waals surface area contributed by atoms with E-state index in [2.05, 4.69) is 16.9 Å². The van der Waals surface area contributed by atoms with Crippen LogP contribution in [0.25, 0.3) is 0 Å². The topological polar surface area (TPSA) is 94.5 Å². The zero-order chi connectivity index (χ0) is 13.8. The molecule has 0 aliphatic carbocycles. The maximum atomic E-state index is 10.6. The molecule has 1 aromatic rings. The van der Waals surface area contributed by atoms with Crippen molar-refractivity contribution < 1.29 is 9.66 Å². The van der Waals surface area contributed by atoms with Crippen LogP contribution in [0.4, 0.5) is 11.5 Å². The number of nitrogens with zero attached hydrogens (tertiary/aromatic N) is 3. The van der Waals surface area contributed by atoms with Crippen molar-refractivity contribution in [2.75, 3.05) is 25.9 Å². The Kier molecular flexibility index (Phi) is 4.16. The van der Waals surface area contributed by atoms with Crippen molar-refractivity contribution in [3.63, 3.8) is 0 Å². The second kappa shape index (κ2) is 5.83. The number of piperidine rings is 1. The number of rotatable bonds is 4. The summed E-state index contributed by atoms with van der Waals surface area (Å²) in [7, 11) is 2.07. The van der Waals surface area contributed by atoms with E-state index in [1.165, 1.54) is 25.0 Å². The molecule has 19 heavy (non-hydrogen) atoms. The largest absolute Gasteiger partial charge is 0.476 e. The van der Waals surface area contributed by atoms with Crippen LogP contribution < -0.4 is 10.5 Å². The molecular formula is C12H18N4O3. The second-order valence-electron chi connectivity index (χ2n) is 4.75. The van der Waals surface area contributed by atoms with E-state index >= 15 is 0 Å². The average Bonchev–Trinajstić information content (AvgIpc) is 2.37. The number of hydrogen-bond acceptors (Lipinski definition) is 6. The maximum Gasteiger partial charge on any atom is 0.311 e. The van der Waals surface area contributed by atoms with Crippen LogP contribution in [0, 0.1) is 10.1 Å². The van der Waals surface area contributed by atoms with E-state index in [1.807, 2.05) is 0 Å². The standard InChI is InChI=1S/C12H18N4O3/c1-15-7-3-2-4-9(15)8-19-11-6-5-10(16(17)18)12(13)14-11/h5-6,9H,2-4,7-8H2,1H3,(H2,13,14). The van der Waals surface area contributed by atoms with Gasteiger partial charge < -0.3 is 15.4 Å². The van der Waals surface area contributed by atoms with Crippen LogP contribution in [-0.2, 0) is 0 Å². The number of likely N-dealkylation sites (tertiary alicyclic amines) is 1. The SMILES string of the molecule is CN1CCCCC1COc1ccc([N+](=O)[O-])c(N)n1. The quantitative estimate of drug-likeness (QED) is 0.654. The summed E-state index contributed by atoms with van der Waals surface area (Å²) in [5.74, 6) is 0.224. The van der Waals surface area contributed by atoms with Crippen LogP contribution in [0.3, 0.4) is 0 Å². The second-order valence-corrected chi connectivity index (χ2v) is 4.75. The number of nitro groups is 1. The fourth-order valence-electron chi connectivity index (χ4n) is 2.22. The van der Waals surface area contributed by atoms with Crippen LogP contribution >= 0.6 is 0 Å². The van der Waals surface area contributed by atoms with E-state index in [0.717, 1.165) is 13.0 Å². The van der Waals surface area contributed by atoms with E-state index in [0.29, 0.717) is 18.5 Å². The van der Waals surface area contributed by atoms with Crippen molar-refractivity contribution in [3.8, 4) is 5.88 Å². The number of anilines is 1. The molecule has 7 heteroatoms. The Bertz CT molecular complexity index is 466. The smallest absolute Gasteiger partial charge is 0.311 e. The van der Waals surface area contributed by atoms with Crippen molar-refractivity contribution in [2.45, 2.75) is 25.3 Å². The molecule has 1 aromatic heterocycles. The summed E-state index contributed by atoms with van der Waals surface area (Å²) in [4.78, 5) is 16.2. The van der Waals surface area contributed by atoms with Gasteiger partial charge in [0.05, 0.1) is 4.92 Å². The van der Waals surface area contributed by atoms with Crippen molar-refractivity contribution in [1.29, 1.82) is 0 Å². The summed E-state index contributed by atoms with van der Waals surface area (Å²) >= 11 is 0. The van der Waals surface area contributed by atoms with E-state index in [1.54, 1.807) is 0 Å². The predicted octanol–water partition coefficient (Wildman–Crippen LogP) is 1.44. The minimum atomic E-state index is -0.555. The molecule has 1 aliphatic heterocycles. The van der Waals surface area contributed by atoms with Gasteiger partial charge in [-0.25, -0.2) is 0 Å². The molecule has 0 spiro atoms. The molecule has 1 saturated heterocycles. The van der Waals surface area contributed by atoms with Gasteiger partial charge in [-0.15, -0.1) is 0 Å². The van der Waals surface area contributed by atoms with Crippen LogP contribution in [0.2, 0.25) is 0 Å². The fourth-order valence-corrected chi connectivity index (χ4v) is 2.22. The monoisotopic (exact) mass is 266 g/mol. The van der Waals surface area contributed by atoms with Crippen molar-refractivity contribution in [1.82, 2.24) is 9.88 Å². The molecular weight excluding hydrogens is 248 g/mol. The van der Waals surface area contributed by atoms with Gasteiger partial charge in [-0.1, -0.05) is 6.42 Å². The van der Waals surface area contributed by atoms with Gasteiger partial charge in [0.25, 0.3) is 0 Å². The van der Waals surface area contributed by atoms with Crippen molar-refractivity contribution >= 4 is 11.5 Å². The Morgan fingerprint density at radius 2 is 2.37 bits per heavy atom. The Morgan fingerprint density at radius 1 is 1.58 bits per heavy atom. The van der Waals surface area contributed by atoms with Crippen LogP contribution in [0.5, 0.6) is 5.88 Å². The number of aromatic nitrogens is 1. The Labute approximate surface area is 111 Å². The number of nitrogens with two attached hydrogens (primary N) is 1. The highest BCUT2D eigenvalue weighted by Crippen LogP contribution is 2.22. The van der Waals surface area contributed by atoms with Crippen molar-refractivity contribution in [3.05, 3.63) is 22.2 Å². The minimum Gasteiger partial charge on any atom is -0.476 e. The first kappa shape index (κ1) is 13.5. The molecule has 0 radical (unpaired) electrons. The molecule has 0 bridgehead atoms. The van der Waals surface area contributed by atoms with Crippen molar-refractivity contribution in [2.24, 2.45) is 0 Å². The molecule has 0 amide bonds. The van der Waals surface area contributed by atoms with Gasteiger partial charge in [-0.3, -0.25) is 10.1 Å². The molecule has 1 atom stereocenters. The number of hydrogen-bond donors (Lipinski definition) is 1. The lowest BCUT2D eigenvalue weighted by Crippen LogP contribution is -2.40. The number of nitrogen functional groups attached to an aromatic ring is 1. The molecule has 1 fully saturated rings. The summed E-state index contributed by atoms with van der Waals surface area (Å²) in [5, 5.41) is 10.6. The highest BCUT2D eigenvalue weighted by Gasteiger charge is 2.20. The molecule has 2 rings (SSSR count). The fraction of sp³-hybridized carbons (Fsp3) is 0.583. The van der Waals surface area contributed by atoms with Gasteiger partial charge in [0, 0.05) is 18.2 Å². The first-order chi connectivity index (χ1) is 9.08. The van der Waals surface area contributed by atoms with E-state index in [-0.39, 0.29) is 11.5 Å². The van der Waals surface area contributed by atoms with Crippen LogP contribution in [0.1, 0.15) is 19.3 Å². The van der Waals surface area contributed by atoms with Gasteiger partial charge in [0.2, 0.25) is 11.7 Å². The molecule has 1 unspecified atom stereocenters. The lowest BCUT2D eigenvalue weighted by atomic mass is 10.0. The third-order valence-electron chi connectivity index (χ3n) is 3.42. The molecule has 104 valence electrons. The molecule has 0 aromatic carbocycles. The molecule has 0 saturated carbocycles. The summed E-state index contributed by atoms with van der Waals surface area (Å²) in [6.45, 7) is 1.60. The number of likely N-dealkylation sites (N-methyl/N-ethyl adjacent to an activating group) is 1. The first-order valence-electron chi connectivity index (χ1n) is 6.32. The summed E-state index contributed by atoms with van der Waals surface area (Å²) in [6, 6.07) is 3.17. The van der Waals surface area contributed by atoms with Gasteiger partial charge in [-0.2, -0.15) is 4.98 Å². The van der Waals surface area contributed by atoms with Gasteiger partial charge in [0.15, 0.2) is 0 Å². The van der Waals surface area contributed by atoms with Crippen LogP contribution in [-0.4, -0.2) is 41.0 Å². The molecule has 2 N–H and O–H groups in total. The third kappa shape index (κ3) is 3.31. The Balaban J connectivity index is 1.96. The van der Waals surface area contributed by atoms with E-state index < -0.39 is 4.92 Å². The predicted molar refractivity (Wildman–Crippen MR) is 71.1 cm³/mol. The lowest BCUT2D eigenvalue weighted by Gasteiger charge is -2.31. The van der Waals surface area contributed by atoms with Gasteiger partial charge in [0.1, 0.15) is 6.61 Å². The highest BCUT2D eigenvalue weighted by molar-refractivity contribution is 5.53. The summed E-state index contributed by atoms with van der Waals surface area (Å²) < 4.78 is 5.58. The Morgan fingerprint density at radius 3 is 3.00 bits per heavy atom. The van der Waals surface area contributed by atoms with Gasteiger partial charge in [-0.05, 0) is 26.4 Å². The first-order valence-corrected chi connectivity index (χ1v) is 6.32.